The van der Waals surface area contributed by atoms with Gasteiger partial charge in [-0.25, -0.2) is 0 Å². The van der Waals surface area contributed by atoms with Gasteiger partial charge in [0.2, 0.25) is 0 Å². The van der Waals surface area contributed by atoms with Crippen LogP contribution in [0.3, 0.4) is 0 Å². The zero-order valence-electron chi connectivity index (χ0n) is 11.2. The van der Waals surface area contributed by atoms with Crippen LogP contribution in [0.5, 0.6) is 0 Å². The van der Waals surface area contributed by atoms with E-state index in [1.54, 1.807) is 0 Å². The first-order valence-electron chi connectivity index (χ1n) is 6.97. The summed E-state index contributed by atoms with van der Waals surface area (Å²) >= 11 is 0. The molecule has 0 aromatic rings. The highest BCUT2D eigenvalue weighted by Gasteiger charge is 2.40. The number of carbonyl (C=O) groups is 1. The Labute approximate surface area is 115 Å². The van der Waals surface area contributed by atoms with Gasteiger partial charge in [-0.05, 0) is 31.6 Å². The number of fused-ring (bicyclic) bond motifs is 2. The average Bonchev–Trinajstić information content (AvgIpc) is 2.54. The highest BCUT2D eigenvalue weighted by molar-refractivity contribution is 5.67. The quantitative estimate of drug-likeness (QED) is 0.764. The Morgan fingerprint density at radius 3 is 2.35 bits per heavy atom. The van der Waals surface area contributed by atoms with Crippen LogP contribution < -0.4 is 0 Å². The molecule has 2 aliphatic rings. The Kier molecular flexibility index (Phi) is 4.90. The molecule has 2 aliphatic heterocycles. The summed E-state index contributed by atoms with van der Waals surface area (Å²) in [4.78, 5) is 13.0. The number of alkyl halides is 3. The summed E-state index contributed by atoms with van der Waals surface area (Å²) in [5, 5.41) is 8.83. The molecule has 0 saturated carbocycles. The summed E-state index contributed by atoms with van der Waals surface area (Å²) in [6.45, 7) is -0.612. The normalized spacial score (nSPS) is 30.6. The van der Waals surface area contributed by atoms with E-state index < -0.39 is 18.8 Å². The topological polar surface area (TPSA) is 49.8 Å². The first-order valence-corrected chi connectivity index (χ1v) is 6.97. The molecular weight excluding hydrogens is 275 g/mol. The van der Waals surface area contributed by atoms with Crippen LogP contribution in [-0.4, -0.2) is 54.0 Å². The van der Waals surface area contributed by atoms with Crippen molar-refractivity contribution in [1.29, 1.82) is 0 Å². The van der Waals surface area contributed by atoms with Gasteiger partial charge < -0.3 is 9.84 Å². The average molecular weight is 295 g/mol. The lowest BCUT2D eigenvalue weighted by Gasteiger charge is -2.38. The molecule has 2 rings (SSSR count). The first-order chi connectivity index (χ1) is 9.35. The van der Waals surface area contributed by atoms with E-state index >= 15 is 0 Å². The van der Waals surface area contributed by atoms with Crippen LogP contribution in [0.25, 0.3) is 0 Å². The molecule has 7 heteroatoms. The van der Waals surface area contributed by atoms with E-state index in [9.17, 15) is 18.0 Å². The first kappa shape index (κ1) is 15.6. The number of nitrogens with zero attached hydrogens (tertiary/aromatic N) is 1. The minimum atomic E-state index is -4.27. The number of rotatable bonds is 6. The minimum absolute atomic E-state index is 0.0795. The second-order valence-electron chi connectivity index (χ2n) is 5.73. The molecule has 20 heavy (non-hydrogen) atoms. The molecule has 2 saturated heterocycles. The molecule has 0 aromatic carbocycles. The number of hydrogen-bond acceptors (Lipinski definition) is 3. The predicted octanol–water partition coefficient (Wildman–Crippen LogP) is 2.28. The van der Waals surface area contributed by atoms with Crippen molar-refractivity contribution in [3.63, 3.8) is 0 Å². The van der Waals surface area contributed by atoms with Crippen molar-refractivity contribution < 1.29 is 27.8 Å². The van der Waals surface area contributed by atoms with Gasteiger partial charge in [0.25, 0.3) is 0 Å². The molecule has 4 nitrogen and oxygen atoms in total. The summed E-state index contributed by atoms with van der Waals surface area (Å²) in [6, 6.07) is 0.625. The maximum Gasteiger partial charge on any atom is 0.411 e. The van der Waals surface area contributed by atoms with E-state index in [0.29, 0.717) is 18.6 Å². The number of piperidine rings is 1. The van der Waals surface area contributed by atoms with Gasteiger partial charge in [-0.1, -0.05) is 0 Å². The van der Waals surface area contributed by atoms with Crippen LogP contribution in [-0.2, 0) is 9.53 Å². The molecule has 0 radical (unpaired) electrons. The Hall–Kier alpha value is -0.820. The van der Waals surface area contributed by atoms with Gasteiger partial charge in [-0.15, -0.1) is 0 Å². The summed E-state index contributed by atoms with van der Waals surface area (Å²) in [6.07, 6.45) is -0.372. The number of halogens is 3. The Bertz CT molecular complexity index is 334. The van der Waals surface area contributed by atoms with Crippen LogP contribution in [0.15, 0.2) is 0 Å². The fraction of sp³-hybridized carbons (Fsp3) is 0.923. The largest absolute Gasteiger partial charge is 0.481 e. The number of carboxylic acids is 1. The second kappa shape index (κ2) is 6.30. The fourth-order valence-corrected chi connectivity index (χ4v) is 3.52. The Morgan fingerprint density at radius 1 is 1.25 bits per heavy atom. The summed E-state index contributed by atoms with van der Waals surface area (Å²) in [5.74, 6) is -0.561. The number of carboxylic acid groups (broad SMARTS) is 1. The summed E-state index contributed by atoms with van der Waals surface area (Å²) in [5.41, 5.74) is 0. The predicted molar refractivity (Wildman–Crippen MR) is 65.4 cm³/mol. The van der Waals surface area contributed by atoms with Gasteiger partial charge in [-0.2, -0.15) is 13.2 Å². The zero-order chi connectivity index (χ0) is 14.8. The molecule has 0 amide bonds. The smallest absolute Gasteiger partial charge is 0.411 e. The van der Waals surface area contributed by atoms with Crippen molar-refractivity contribution in [3.05, 3.63) is 0 Å². The van der Waals surface area contributed by atoms with E-state index in [0.717, 1.165) is 25.7 Å². The van der Waals surface area contributed by atoms with E-state index in [1.165, 1.54) is 0 Å². The third kappa shape index (κ3) is 4.34. The fourth-order valence-electron chi connectivity index (χ4n) is 3.52. The number of ether oxygens (including phenoxy) is 1. The van der Waals surface area contributed by atoms with E-state index in [-0.39, 0.29) is 18.9 Å². The molecule has 0 aliphatic carbocycles. The molecule has 0 spiro atoms. The van der Waals surface area contributed by atoms with Crippen LogP contribution >= 0.6 is 0 Å². The molecule has 2 fully saturated rings. The molecule has 2 heterocycles. The lowest BCUT2D eigenvalue weighted by Crippen LogP contribution is -2.45. The Balaban J connectivity index is 1.74. The van der Waals surface area contributed by atoms with E-state index in [2.05, 4.69) is 9.64 Å². The minimum Gasteiger partial charge on any atom is -0.481 e. The summed E-state index contributed by atoms with van der Waals surface area (Å²) < 4.78 is 40.6. The zero-order valence-corrected chi connectivity index (χ0v) is 11.2. The maximum atomic E-state index is 12.0. The number of hydrogen-bond donors (Lipinski definition) is 1. The van der Waals surface area contributed by atoms with Crippen molar-refractivity contribution in [2.45, 2.75) is 50.4 Å². The van der Waals surface area contributed by atoms with Crippen molar-refractivity contribution >= 4 is 5.97 Å². The van der Waals surface area contributed by atoms with Gasteiger partial charge >= 0.3 is 12.1 Å². The second-order valence-corrected chi connectivity index (χ2v) is 5.73. The molecule has 116 valence electrons. The van der Waals surface area contributed by atoms with Gasteiger partial charge in [-0.3, -0.25) is 9.69 Å². The van der Waals surface area contributed by atoms with Gasteiger partial charge in [0.1, 0.15) is 6.61 Å². The highest BCUT2D eigenvalue weighted by Crippen LogP contribution is 2.39. The highest BCUT2D eigenvalue weighted by atomic mass is 19.4. The van der Waals surface area contributed by atoms with Gasteiger partial charge in [0.15, 0.2) is 0 Å². The van der Waals surface area contributed by atoms with E-state index in [4.69, 9.17) is 5.11 Å². The van der Waals surface area contributed by atoms with Crippen molar-refractivity contribution in [3.8, 4) is 0 Å². The van der Waals surface area contributed by atoms with E-state index in [1.807, 2.05) is 0 Å². The maximum absolute atomic E-state index is 12.0. The van der Waals surface area contributed by atoms with Crippen LogP contribution in [0.2, 0.25) is 0 Å². The Morgan fingerprint density at radius 2 is 1.85 bits per heavy atom. The third-order valence-electron chi connectivity index (χ3n) is 4.20. The van der Waals surface area contributed by atoms with Crippen LogP contribution in [0.4, 0.5) is 13.2 Å². The molecule has 0 aromatic heterocycles. The molecule has 2 atom stereocenters. The van der Waals surface area contributed by atoms with Gasteiger partial charge in [0, 0.05) is 25.0 Å². The third-order valence-corrected chi connectivity index (χ3v) is 4.20. The van der Waals surface area contributed by atoms with Crippen molar-refractivity contribution in [2.24, 2.45) is 5.92 Å². The van der Waals surface area contributed by atoms with Crippen molar-refractivity contribution in [1.82, 2.24) is 4.90 Å². The van der Waals surface area contributed by atoms with Crippen molar-refractivity contribution in [2.75, 3.05) is 19.8 Å². The van der Waals surface area contributed by atoms with Crippen LogP contribution in [0, 0.1) is 5.92 Å². The molecular formula is C13H20F3NO3. The van der Waals surface area contributed by atoms with Gasteiger partial charge in [0.05, 0.1) is 6.61 Å². The van der Waals surface area contributed by atoms with Crippen LogP contribution in [0.1, 0.15) is 32.1 Å². The monoisotopic (exact) mass is 295 g/mol. The summed E-state index contributed by atoms with van der Waals surface area (Å²) in [7, 11) is 0. The lowest BCUT2D eigenvalue weighted by atomic mass is 9.88. The SMILES string of the molecule is O=C(O)CC1CC2CCC(C1)N2CCOCC(F)(F)F. The standard InChI is InChI=1S/C13H20F3NO3/c14-13(15,16)8-20-4-3-17-10-1-2-11(17)6-9(5-10)7-12(18)19/h9-11H,1-8H2,(H,18,19). The molecule has 2 bridgehead atoms. The lowest BCUT2D eigenvalue weighted by molar-refractivity contribution is -0.175. The molecule has 1 N–H and O–H groups in total. The number of aliphatic carboxylic acids is 1. The molecule has 2 unspecified atom stereocenters.